The number of aromatic nitrogens is 1. The van der Waals surface area contributed by atoms with Crippen LogP contribution in [0.25, 0.3) is 0 Å². The summed E-state index contributed by atoms with van der Waals surface area (Å²) in [7, 11) is 0. The summed E-state index contributed by atoms with van der Waals surface area (Å²) in [5.41, 5.74) is 2.55. The van der Waals surface area contributed by atoms with Gasteiger partial charge in [-0.1, -0.05) is 0 Å². The number of hydrogen-bond acceptors (Lipinski definition) is 7. The number of anilines is 1. The number of carbonyl (C=O) groups excluding carboxylic acids is 1. The molecule has 0 saturated carbocycles. The molecule has 0 atom stereocenters. The fraction of sp³-hybridized carbons (Fsp3) is 0.385. The largest absolute Gasteiger partial charge is 0.467 e. The summed E-state index contributed by atoms with van der Waals surface area (Å²) in [4.78, 5) is 20.3. The zero-order valence-corrected chi connectivity index (χ0v) is 12.3. The summed E-state index contributed by atoms with van der Waals surface area (Å²) in [6.45, 7) is 4.48. The fourth-order valence-electron chi connectivity index (χ4n) is 2.36. The number of amides is 1. The molecule has 1 saturated heterocycles. The van der Waals surface area contributed by atoms with Crippen molar-refractivity contribution in [1.29, 1.82) is 0 Å². The normalized spacial score (nSPS) is 16.1. The van der Waals surface area contributed by atoms with E-state index in [1.165, 1.54) is 6.26 Å². The van der Waals surface area contributed by atoms with Crippen LogP contribution in [0.3, 0.4) is 0 Å². The van der Waals surface area contributed by atoms with Crippen molar-refractivity contribution in [3.05, 3.63) is 35.2 Å². The molecule has 112 valence electrons. The van der Waals surface area contributed by atoms with Crippen molar-refractivity contribution in [2.75, 3.05) is 31.1 Å². The van der Waals surface area contributed by atoms with Gasteiger partial charge in [-0.15, -0.1) is 11.3 Å². The third-order valence-electron chi connectivity index (χ3n) is 3.49. The van der Waals surface area contributed by atoms with Gasteiger partial charge in [-0.05, 0) is 6.07 Å². The quantitative estimate of drug-likeness (QED) is 0.490. The highest BCUT2D eigenvalue weighted by Gasteiger charge is 2.20. The number of piperazine rings is 1. The van der Waals surface area contributed by atoms with Crippen molar-refractivity contribution in [2.45, 2.75) is 6.54 Å². The van der Waals surface area contributed by atoms with E-state index in [2.05, 4.69) is 20.2 Å². The Morgan fingerprint density at radius 1 is 1.43 bits per heavy atom. The topological polar surface area (TPSA) is 87.6 Å². The molecule has 3 rings (SSSR count). The average Bonchev–Trinajstić information content (AvgIpc) is 3.18. The maximum Gasteiger partial charge on any atom is 0.268 e. The van der Waals surface area contributed by atoms with E-state index in [0.29, 0.717) is 12.1 Å². The minimum atomic E-state index is -0.335. The molecule has 2 aromatic heterocycles. The van der Waals surface area contributed by atoms with Crippen LogP contribution < -0.4 is 16.2 Å². The second-order valence-corrected chi connectivity index (χ2v) is 5.73. The monoisotopic (exact) mass is 307 g/mol. The SMILES string of the molecule is NNC(=O)c1coc(CN2CCN(c3nccs3)CC2)c1. The highest BCUT2D eigenvalue weighted by atomic mass is 32.1. The number of nitrogen functional groups attached to an aromatic ring is 1. The molecule has 0 bridgehead atoms. The van der Waals surface area contributed by atoms with E-state index >= 15 is 0 Å². The van der Waals surface area contributed by atoms with Crippen molar-refractivity contribution >= 4 is 22.4 Å². The number of furan rings is 1. The number of rotatable bonds is 4. The van der Waals surface area contributed by atoms with E-state index in [1.54, 1.807) is 17.4 Å². The number of nitrogens with two attached hydrogens (primary N) is 1. The first kappa shape index (κ1) is 14.1. The lowest BCUT2D eigenvalue weighted by Gasteiger charge is -2.33. The average molecular weight is 307 g/mol. The van der Waals surface area contributed by atoms with E-state index in [9.17, 15) is 4.79 Å². The first-order valence-electron chi connectivity index (χ1n) is 6.71. The molecule has 0 radical (unpaired) electrons. The molecule has 8 heteroatoms. The molecule has 1 fully saturated rings. The first-order chi connectivity index (χ1) is 10.3. The molecule has 0 spiro atoms. The smallest absolute Gasteiger partial charge is 0.268 e. The van der Waals surface area contributed by atoms with Crippen LogP contribution in [0.1, 0.15) is 16.1 Å². The Hall–Kier alpha value is -1.90. The summed E-state index contributed by atoms with van der Waals surface area (Å²) >= 11 is 1.67. The van der Waals surface area contributed by atoms with Crippen molar-refractivity contribution < 1.29 is 9.21 Å². The van der Waals surface area contributed by atoms with Crippen LogP contribution in [-0.2, 0) is 6.54 Å². The lowest BCUT2D eigenvalue weighted by Crippen LogP contribution is -2.45. The number of carbonyl (C=O) groups is 1. The molecule has 2 aromatic rings. The van der Waals surface area contributed by atoms with E-state index in [4.69, 9.17) is 10.3 Å². The van der Waals surface area contributed by atoms with Crippen LogP contribution in [0.2, 0.25) is 0 Å². The van der Waals surface area contributed by atoms with E-state index < -0.39 is 0 Å². The first-order valence-corrected chi connectivity index (χ1v) is 7.59. The summed E-state index contributed by atoms with van der Waals surface area (Å²) in [6.07, 6.45) is 3.27. The molecule has 1 aliphatic rings. The molecule has 0 aliphatic carbocycles. The van der Waals surface area contributed by atoms with Gasteiger partial charge in [-0.2, -0.15) is 0 Å². The summed E-state index contributed by atoms with van der Waals surface area (Å²) < 4.78 is 5.41. The number of thiazole rings is 1. The summed E-state index contributed by atoms with van der Waals surface area (Å²) in [5.74, 6) is 5.54. The molecular weight excluding hydrogens is 290 g/mol. The van der Waals surface area contributed by atoms with Crippen molar-refractivity contribution in [3.8, 4) is 0 Å². The van der Waals surface area contributed by atoms with Gasteiger partial charge in [0.05, 0.1) is 12.1 Å². The standard InChI is InChI=1S/C13H17N5O2S/c14-16-12(19)10-7-11(20-9-10)8-17-2-4-18(5-3-17)13-15-1-6-21-13/h1,6-7,9H,2-5,8,14H2,(H,16,19). The zero-order chi connectivity index (χ0) is 14.7. The Labute approximate surface area is 126 Å². The summed E-state index contributed by atoms with van der Waals surface area (Å²) in [5, 5.41) is 3.07. The van der Waals surface area contributed by atoms with Crippen LogP contribution in [0.5, 0.6) is 0 Å². The molecule has 1 amide bonds. The zero-order valence-electron chi connectivity index (χ0n) is 11.5. The minimum absolute atomic E-state index is 0.335. The van der Waals surface area contributed by atoms with Crippen molar-refractivity contribution in [1.82, 2.24) is 15.3 Å². The van der Waals surface area contributed by atoms with Crippen LogP contribution in [0, 0.1) is 0 Å². The van der Waals surface area contributed by atoms with Crippen molar-refractivity contribution in [3.63, 3.8) is 0 Å². The van der Waals surface area contributed by atoms with E-state index in [1.807, 2.05) is 11.6 Å². The molecule has 3 heterocycles. The van der Waals surface area contributed by atoms with Gasteiger partial charge >= 0.3 is 0 Å². The minimum Gasteiger partial charge on any atom is -0.467 e. The van der Waals surface area contributed by atoms with Crippen LogP contribution in [0.4, 0.5) is 5.13 Å². The van der Waals surface area contributed by atoms with Gasteiger partial charge in [0.25, 0.3) is 5.91 Å². The second kappa shape index (κ2) is 6.25. The molecule has 21 heavy (non-hydrogen) atoms. The molecule has 7 nitrogen and oxygen atoms in total. The maximum atomic E-state index is 11.4. The third kappa shape index (κ3) is 3.23. The lowest BCUT2D eigenvalue weighted by molar-refractivity contribution is 0.0953. The Kier molecular flexibility index (Phi) is 4.18. The van der Waals surface area contributed by atoms with Gasteiger partial charge in [0.2, 0.25) is 0 Å². The number of nitrogens with zero attached hydrogens (tertiary/aromatic N) is 3. The molecule has 0 unspecified atom stereocenters. The lowest BCUT2D eigenvalue weighted by atomic mass is 10.2. The van der Waals surface area contributed by atoms with E-state index in [-0.39, 0.29) is 5.91 Å². The van der Waals surface area contributed by atoms with Gasteiger partial charge in [0.1, 0.15) is 12.0 Å². The fourth-order valence-corrected chi connectivity index (χ4v) is 3.05. The Morgan fingerprint density at radius 2 is 2.24 bits per heavy atom. The Bertz CT molecular complexity index is 589. The highest BCUT2D eigenvalue weighted by molar-refractivity contribution is 7.13. The van der Waals surface area contributed by atoms with Gasteiger partial charge in [0.15, 0.2) is 5.13 Å². The Morgan fingerprint density at radius 3 is 2.90 bits per heavy atom. The molecular formula is C13H17N5O2S. The third-order valence-corrected chi connectivity index (χ3v) is 4.32. The highest BCUT2D eigenvalue weighted by Crippen LogP contribution is 2.20. The van der Waals surface area contributed by atoms with Crippen molar-refractivity contribution in [2.24, 2.45) is 5.84 Å². The predicted octanol–water partition coefficient (Wildman–Crippen LogP) is 0.662. The summed E-state index contributed by atoms with van der Waals surface area (Å²) in [6, 6.07) is 1.73. The van der Waals surface area contributed by atoms with E-state index in [0.717, 1.165) is 37.1 Å². The molecule has 3 N–H and O–H groups in total. The van der Waals surface area contributed by atoms with Gasteiger partial charge in [-0.25, -0.2) is 10.8 Å². The number of hydrazine groups is 1. The van der Waals surface area contributed by atoms with Gasteiger partial charge < -0.3 is 9.32 Å². The number of hydrogen-bond donors (Lipinski definition) is 2. The van der Waals surface area contributed by atoms with Crippen LogP contribution in [0.15, 0.2) is 28.3 Å². The Balaban J connectivity index is 1.53. The second-order valence-electron chi connectivity index (χ2n) is 4.85. The van der Waals surface area contributed by atoms with Crippen LogP contribution >= 0.6 is 11.3 Å². The number of nitrogens with one attached hydrogen (secondary N) is 1. The molecule has 0 aromatic carbocycles. The molecule has 1 aliphatic heterocycles. The predicted molar refractivity (Wildman–Crippen MR) is 80.0 cm³/mol. The van der Waals surface area contributed by atoms with Crippen LogP contribution in [-0.4, -0.2) is 42.0 Å². The van der Waals surface area contributed by atoms with Gasteiger partial charge in [-0.3, -0.25) is 15.1 Å². The maximum absolute atomic E-state index is 11.4. The van der Waals surface area contributed by atoms with Gasteiger partial charge in [0, 0.05) is 37.8 Å².